The number of nitrogens with zero attached hydrogens (tertiary/aromatic N) is 3. The third kappa shape index (κ3) is 3.90. The Morgan fingerprint density at radius 1 is 0.889 bits per heavy atom. The summed E-state index contributed by atoms with van der Waals surface area (Å²) in [4.78, 5) is 31.1. The van der Waals surface area contributed by atoms with Crippen molar-refractivity contribution in [3.63, 3.8) is 0 Å². The topological polar surface area (TPSA) is 43.9 Å². The minimum Gasteiger partial charge on any atom is -0.297 e. The van der Waals surface area contributed by atoms with Gasteiger partial charge in [0.15, 0.2) is 0 Å². The molecule has 2 saturated heterocycles. The van der Waals surface area contributed by atoms with Crippen LogP contribution >= 0.6 is 11.6 Å². The van der Waals surface area contributed by atoms with Crippen molar-refractivity contribution >= 4 is 29.1 Å². The number of rotatable bonds is 4. The van der Waals surface area contributed by atoms with Crippen LogP contribution in [-0.4, -0.2) is 53.8 Å². The van der Waals surface area contributed by atoms with E-state index in [0.29, 0.717) is 5.69 Å². The molecule has 0 unspecified atom stereocenters. The van der Waals surface area contributed by atoms with Crippen molar-refractivity contribution in [2.45, 2.75) is 19.0 Å². The fourth-order valence-electron chi connectivity index (χ4n) is 3.83. The molecule has 2 aliphatic rings. The maximum Gasteiger partial charge on any atom is 0.251 e. The number of benzene rings is 2. The first-order chi connectivity index (χ1) is 13.1. The fourth-order valence-corrected chi connectivity index (χ4v) is 3.96. The van der Waals surface area contributed by atoms with E-state index in [1.165, 1.54) is 10.5 Å². The van der Waals surface area contributed by atoms with Crippen molar-refractivity contribution in [2.75, 3.05) is 31.1 Å². The van der Waals surface area contributed by atoms with Crippen LogP contribution < -0.4 is 4.90 Å². The Bertz CT molecular complexity index is 817. The predicted octanol–water partition coefficient (Wildman–Crippen LogP) is 2.79. The SMILES string of the molecule is O=C1C[C@@H](N2CCN(Cc3ccc(Cl)cc3)CC2)C(=O)N1c1ccccc1. The van der Waals surface area contributed by atoms with Gasteiger partial charge in [-0.2, -0.15) is 0 Å². The largest absolute Gasteiger partial charge is 0.297 e. The molecular formula is C21H22ClN3O2. The molecule has 2 aliphatic heterocycles. The van der Waals surface area contributed by atoms with Gasteiger partial charge in [0.1, 0.15) is 0 Å². The maximum atomic E-state index is 12.9. The lowest BCUT2D eigenvalue weighted by molar-refractivity contribution is -0.123. The van der Waals surface area contributed by atoms with Crippen LogP contribution in [0.25, 0.3) is 0 Å². The molecule has 6 heteroatoms. The molecule has 0 aliphatic carbocycles. The summed E-state index contributed by atoms with van der Waals surface area (Å²) in [6, 6.07) is 16.8. The quantitative estimate of drug-likeness (QED) is 0.761. The van der Waals surface area contributed by atoms with Gasteiger partial charge in [-0.15, -0.1) is 0 Å². The minimum atomic E-state index is -0.338. The van der Waals surface area contributed by atoms with Gasteiger partial charge in [-0.1, -0.05) is 41.9 Å². The second-order valence-corrected chi connectivity index (χ2v) is 7.50. The number of para-hydroxylation sites is 1. The molecule has 27 heavy (non-hydrogen) atoms. The summed E-state index contributed by atoms with van der Waals surface area (Å²) in [5.74, 6) is -0.211. The predicted molar refractivity (Wildman–Crippen MR) is 106 cm³/mol. The van der Waals surface area contributed by atoms with Gasteiger partial charge >= 0.3 is 0 Å². The van der Waals surface area contributed by atoms with Crippen LogP contribution in [0.1, 0.15) is 12.0 Å². The summed E-state index contributed by atoms with van der Waals surface area (Å²) in [6.07, 6.45) is 0.269. The Labute approximate surface area is 164 Å². The molecule has 2 amide bonds. The lowest BCUT2D eigenvalue weighted by Gasteiger charge is -2.37. The zero-order valence-electron chi connectivity index (χ0n) is 15.1. The van der Waals surface area contributed by atoms with Crippen molar-refractivity contribution in [3.8, 4) is 0 Å². The number of piperazine rings is 1. The molecule has 140 valence electrons. The third-order valence-electron chi connectivity index (χ3n) is 5.30. The number of hydrogen-bond donors (Lipinski definition) is 0. The second-order valence-electron chi connectivity index (χ2n) is 7.06. The minimum absolute atomic E-state index is 0.0997. The Morgan fingerprint density at radius 3 is 2.22 bits per heavy atom. The van der Waals surface area contributed by atoms with Crippen LogP contribution in [0.2, 0.25) is 5.02 Å². The van der Waals surface area contributed by atoms with Gasteiger partial charge in [-0.25, -0.2) is 4.90 Å². The fraction of sp³-hybridized carbons (Fsp3) is 0.333. The first kappa shape index (κ1) is 18.2. The molecule has 0 radical (unpaired) electrons. The average Bonchev–Trinajstić information content (AvgIpc) is 2.99. The number of halogens is 1. The molecule has 2 aromatic rings. The number of carbonyl (C=O) groups is 2. The highest BCUT2D eigenvalue weighted by Crippen LogP contribution is 2.26. The molecule has 4 rings (SSSR count). The molecule has 2 heterocycles. The van der Waals surface area contributed by atoms with E-state index in [0.717, 1.165) is 37.7 Å². The summed E-state index contributed by atoms with van der Waals surface area (Å²) < 4.78 is 0. The lowest BCUT2D eigenvalue weighted by atomic mass is 10.1. The van der Waals surface area contributed by atoms with Crippen molar-refractivity contribution < 1.29 is 9.59 Å². The average molecular weight is 384 g/mol. The monoisotopic (exact) mass is 383 g/mol. The zero-order chi connectivity index (χ0) is 18.8. The van der Waals surface area contributed by atoms with Gasteiger partial charge in [0, 0.05) is 37.7 Å². The standard InChI is InChI=1S/C21H22ClN3O2/c22-17-8-6-16(7-9-17)15-23-10-12-24(13-11-23)19-14-20(26)25(21(19)27)18-4-2-1-3-5-18/h1-9,19H,10-15H2/t19-/m1/s1. The van der Waals surface area contributed by atoms with Crippen LogP contribution in [0, 0.1) is 0 Å². The third-order valence-corrected chi connectivity index (χ3v) is 5.56. The Hall–Kier alpha value is -2.21. The van der Waals surface area contributed by atoms with E-state index in [-0.39, 0.29) is 24.3 Å². The molecule has 0 saturated carbocycles. The van der Waals surface area contributed by atoms with E-state index in [4.69, 9.17) is 11.6 Å². The van der Waals surface area contributed by atoms with Crippen LogP contribution in [0.3, 0.4) is 0 Å². The van der Waals surface area contributed by atoms with Crippen LogP contribution in [0.5, 0.6) is 0 Å². The smallest absolute Gasteiger partial charge is 0.251 e. The highest BCUT2D eigenvalue weighted by molar-refractivity contribution is 6.30. The van der Waals surface area contributed by atoms with Gasteiger partial charge in [0.05, 0.1) is 18.2 Å². The summed E-state index contributed by atoms with van der Waals surface area (Å²) in [5.41, 5.74) is 1.89. The molecule has 0 bridgehead atoms. The van der Waals surface area contributed by atoms with E-state index >= 15 is 0 Å². The van der Waals surface area contributed by atoms with Gasteiger partial charge in [-0.05, 0) is 29.8 Å². The molecule has 0 N–H and O–H groups in total. The first-order valence-corrected chi connectivity index (χ1v) is 9.62. The van der Waals surface area contributed by atoms with Crippen LogP contribution in [-0.2, 0) is 16.1 Å². The van der Waals surface area contributed by atoms with Gasteiger partial charge < -0.3 is 0 Å². The summed E-state index contributed by atoms with van der Waals surface area (Å²) in [6.45, 7) is 4.22. The Kier molecular flexibility index (Phi) is 5.25. The molecule has 5 nitrogen and oxygen atoms in total. The van der Waals surface area contributed by atoms with Crippen molar-refractivity contribution in [1.29, 1.82) is 0 Å². The molecule has 1 atom stereocenters. The van der Waals surface area contributed by atoms with E-state index in [1.807, 2.05) is 54.6 Å². The number of imide groups is 1. The maximum absolute atomic E-state index is 12.9. The number of amides is 2. The summed E-state index contributed by atoms with van der Waals surface area (Å²) >= 11 is 5.94. The Balaban J connectivity index is 1.36. The molecule has 0 aromatic heterocycles. The molecule has 2 fully saturated rings. The molecule has 0 spiro atoms. The normalized spacial score (nSPS) is 21.8. The second kappa shape index (κ2) is 7.80. The highest BCUT2D eigenvalue weighted by Gasteiger charge is 2.43. The molecular weight excluding hydrogens is 362 g/mol. The van der Waals surface area contributed by atoms with E-state index in [1.54, 1.807) is 0 Å². The van der Waals surface area contributed by atoms with Crippen molar-refractivity contribution in [2.24, 2.45) is 0 Å². The number of hydrogen-bond acceptors (Lipinski definition) is 4. The van der Waals surface area contributed by atoms with Gasteiger partial charge in [0.25, 0.3) is 5.91 Å². The zero-order valence-corrected chi connectivity index (χ0v) is 15.8. The van der Waals surface area contributed by atoms with Gasteiger partial charge in [0.2, 0.25) is 5.91 Å². The lowest BCUT2D eigenvalue weighted by Crippen LogP contribution is -2.52. The van der Waals surface area contributed by atoms with Crippen LogP contribution in [0.15, 0.2) is 54.6 Å². The van der Waals surface area contributed by atoms with Crippen molar-refractivity contribution in [3.05, 3.63) is 65.2 Å². The summed E-state index contributed by atoms with van der Waals surface area (Å²) in [5, 5.41) is 0.746. The van der Waals surface area contributed by atoms with Crippen LogP contribution in [0.4, 0.5) is 5.69 Å². The highest BCUT2D eigenvalue weighted by atomic mass is 35.5. The van der Waals surface area contributed by atoms with E-state index < -0.39 is 0 Å². The summed E-state index contributed by atoms with van der Waals surface area (Å²) in [7, 11) is 0. The van der Waals surface area contributed by atoms with E-state index in [9.17, 15) is 9.59 Å². The van der Waals surface area contributed by atoms with Crippen molar-refractivity contribution in [1.82, 2.24) is 9.80 Å². The number of anilines is 1. The number of carbonyl (C=O) groups excluding carboxylic acids is 2. The van der Waals surface area contributed by atoms with Gasteiger partial charge in [-0.3, -0.25) is 19.4 Å². The molecule has 2 aromatic carbocycles. The van der Waals surface area contributed by atoms with E-state index in [2.05, 4.69) is 9.80 Å². The Morgan fingerprint density at radius 2 is 1.56 bits per heavy atom. The first-order valence-electron chi connectivity index (χ1n) is 9.24.